The Hall–Kier alpha value is -0.810. The molecule has 1 rings (SSSR count). The van der Waals surface area contributed by atoms with E-state index in [1.807, 2.05) is 6.92 Å². The van der Waals surface area contributed by atoms with Crippen LogP contribution in [-0.4, -0.2) is 51.0 Å². The molecule has 0 aliphatic heterocycles. The normalized spacial score (nSPS) is 18.3. The van der Waals surface area contributed by atoms with Crippen LogP contribution < -0.4 is 10.6 Å². The Kier molecular flexibility index (Phi) is 5.55. The molecule has 0 aromatic heterocycles. The molecular weight excluding hydrogens is 206 g/mol. The Morgan fingerprint density at radius 1 is 1.44 bits per heavy atom. The van der Waals surface area contributed by atoms with Crippen molar-refractivity contribution in [3.8, 4) is 0 Å². The van der Waals surface area contributed by atoms with Crippen LogP contribution >= 0.6 is 0 Å². The number of ether oxygens (including phenoxy) is 1. The second kappa shape index (κ2) is 6.70. The van der Waals surface area contributed by atoms with Crippen LogP contribution in [0, 0.1) is 5.41 Å². The minimum absolute atomic E-state index is 0.0730. The number of aliphatic hydroxyl groups is 1. The minimum Gasteiger partial charge on any atom is -0.396 e. The van der Waals surface area contributed by atoms with Gasteiger partial charge in [-0.2, -0.15) is 0 Å². The van der Waals surface area contributed by atoms with Gasteiger partial charge in [0.05, 0.1) is 19.8 Å². The van der Waals surface area contributed by atoms with Gasteiger partial charge >= 0.3 is 0 Å². The number of rotatable bonds is 7. The summed E-state index contributed by atoms with van der Waals surface area (Å²) in [5.74, 6) is 0.805. The number of methoxy groups -OCH3 is 1. The van der Waals surface area contributed by atoms with Gasteiger partial charge in [-0.25, -0.2) is 0 Å². The first-order valence-corrected chi connectivity index (χ1v) is 5.88. The molecule has 1 fully saturated rings. The maximum atomic E-state index is 9.18. The van der Waals surface area contributed by atoms with E-state index in [0.29, 0.717) is 13.2 Å². The quantitative estimate of drug-likeness (QED) is 0.326. The van der Waals surface area contributed by atoms with Crippen molar-refractivity contribution in [1.82, 2.24) is 10.6 Å². The Morgan fingerprint density at radius 2 is 2.19 bits per heavy atom. The van der Waals surface area contributed by atoms with E-state index in [4.69, 9.17) is 4.74 Å². The highest BCUT2D eigenvalue weighted by Gasteiger charge is 2.41. The molecule has 0 aromatic rings. The first-order chi connectivity index (χ1) is 7.76. The lowest BCUT2D eigenvalue weighted by atomic mass is 10.1. The SMILES string of the molecule is CCNC(=NCC1(CO)CC1)NCCOC. The minimum atomic E-state index is 0.0730. The van der Waals surface area contributed by atoms with Crippen LogP contribution in [-0.2, 0) is 4.74 Å². The Bertz CT molecular complexity index is 227. The average Bonchev–Trinajstić information content (AvgIpc) is 3.07. The first-order valence-electron chi connectivity index (χ1n) is 5.88. The van der Waals surface area contributed by atoms with Crippen molar-refractivity contribution in [2.75, 3.05) is 40.0 Å². The fraction of sp³-hybridized carbons (Fsp3) is 0.909. The molecule has 0 spiro atoms. The van der Waals surface area contributed by atoms with E-state index in [-0.39, 0.29) is 12.0 Å². The van der Waals surface area contributed by atoms with E-state index in [1.165, 1.54) is 0 Å². The van der Waals surface area contributed by atoms with Gasteiger partial charge in [0.15, 0.2) is 5.96 Å². The third-order valence-corrected chi connectivity index (χ3v) is 2.81. The van der Waals surface area contributed by atoms with Crippen LogP contribution in [0.2, 0.25) is 0 Å². The molecule has 0 atom stereocenters. The lowest BCUT2D eigenvalue weighted by molar-refractivity contribution is 0.203. The average molecular weight is 229 g/mol. The number of nitrogens with zero attached hydrogens (tertiary/aromatic N) is 1. The van der Waals surface area contributed by atoms with Gasteiger partial charge in [-0.3, -0.25) is 4.99 Å². The fourth-order valence-corrected chi connectivity index (χ4v) is 1.40. The van der Waals surface area contributed by atoms with E-state index >= 15 is 0 Å². The summed E-state index contributed by atoms with van der Waals surface area (Å²) in [7, 11) is 1.68. The number of aliphatic imine (C=N–C) groups is 1. The molecular formula is C11H23N3O2. The third kappa shape index (κ3) is 4.37. The highest BCUT2D eigenvalue weighted by Crippen LogP contribution is 2.45. The molecule has 0 unspecified atom stereocenters. The Balaban J connectivity index is 2.32. The summed E-state index contributed by atoms with van der Waals surface area (Å²) in [6, 6.07) is 0. The van der Waals surface area contributed by atoms with Gasteiger partial charge in [0, 0.05) is 25.6 Å². The van der Waals surface area contributed by atoms with Gasteiger partial charge in [0.2, 0.25) is 0 Å². The molecule has 0 amide bonds. The van der Waals surface area contributed by atoms with Crippen molar-refractivity contribution in [2.24, 2.45) is 10.4 Å². The maximum Gasteiger partial charge on any atom is 0.191 e. The molecule has 1 saturated carbocycles. The summed E-state index contributed by atoms with van der Waals surface area (Å²) in [5.41, 5.74) is 0.0730. The number of nitrogens with one attached hydrogen (secondary N) is 2. The van der Waals surface area contributed by atoms with Crippen LogP contribution in [0.5, 0.6) is 0 Å². The molecule has 0 bridgehead atoms. The molecule has 5 nitrogen and oxygen atoms in total. The highest BCUT2D eigenvalue weighted by atomic mass is 16.5. The van der Waals surface area contributed by atoms with E-state index in [0.717, 1.165) is 31.9 Å². The predicted molar refractivity (Wildman–Crippen MR) is 64.6 cm³/mol. The van der Waals surface area contributed by atoms with Gasteiger partial charge in [-0.1, -0.05) is 0 Å². The number of hydrogen-bond donors (Lipinski definition) is 3. The van der Waals surface area contributed by atoms with Crippen LogP contribution in [0.25, 0.3) is 0 Å². The number of hydrogen-bond acceptors (Lipinski definition) is 3. The van der Waals surface area contributed by atoms with Crippen molar-refractivity contribution in [3.63, 3.8) is 0 Å². The zero-order valence-corrected chi connectivity index (χ0v) is 10.3. The topological polar surface area (TPSA) is 65.9 Å². The zero-order chi connectivity index (χ0) is 11.9. The van der Waals surface area contributed by atoms with Gasteiger partial charge in [0.1, 0.15) is 0 Å². The van der Waals surface area contributed by atoms with E-state index in [1.54, 1.807) is 7.11 Å². The zero-order valence-electron chi connectivity index (χ0n) is 10.3. The molecule has 0 saturated heterocycles. The van der Waals surface area contributed by atoms with Crippen molar-refractivity contribution in [1.29, 1.82) is 0 Å². The lowest BCUT2D eigenvalue weighted by Crippen LogP contribution is -2.39. The van der Waals surface area contributed by atoms with Crippen LogP contribution in [0.4, 0.5) is 0 Å². The maximum absolute atomic E-state index is 9.18. The molecule has 94 valence electrons. The summed E-state index contributed by atoms with van der Waals surface area (Å²) in [6.07, 6.45) is 2.18. The third-order valence-electron chi connectivity index (χ3n) is 2.81. The smallest absolute Gasteiger partial charge is 0.191 e. The monoisotopic (exact) mass is 229 g/mol. The molecule has 1 aliphatic carbocycles. The van der Waals surface area contributed by atoms with Gasteiger partial charge < -0.3 is 20.5 Å². The number of guanidine groups is 1. The first kappa shape index (κ1) is 13.3. The molecule has 0 aromatic carbocycles. The Morgan fingerprint density at radius 3 is 2.69 bits per heavy atom. The summed E-state index contributed by atoms with van der Waals surface area (Å²) < 4.78 is 4.96. The molecule has 1 aliphatic rings. The van der Waals surface area contributed by atoms with Crippen LogP contribution in [0.15, 0.2) is 4.99 Å². The molecule has 0 radical (unpaired) electrons. The molecule has 3 N–H and O–H groups in total. The van der Waals surface area contributed by atoms with E-state index in [9.17, 15) is 5.11 Å². The van der Waals surface area contributed by atoms with Crippen molar-refractivity contribution in [2.45, 2.75) is 19.8 Å². The number of aliphatic hydroxyl groups excluding tert-OH is 1. The Labute approximate surface area is 97.3 Å². The predicted octanol–water partition coefficient (Wildman–Crippen LogP) is -0.0396. The van der Waals surface area contributed by atoms with Crippen molar-refractivity contribution >= 4 is 5.96 Å². The molecule has 0 heterocycles. The van der Waals surface area contributed by atoms with Gasteiger partial charge in [-0.15, -0.1) is 0 Å². The largest absolute Gasteiger partial charge is 0.396 e. The van der Waals surface area contributed by atoms with Gasteiger partial charge in [0.25, 0.3) is 0 Å². The van der Waals surface area contributed by atoms with E-state index < -0.39 is 0 Å². The highest BCUT2D eigenvalue weighted by molar-refractivity contribution is 5.79. The standard InChI is InChI=1S/C11H23N3O2/c1-3-12-10(13-6-7-16-2)14-8-11(9-15)4-5-11/h15H,3-9H2,1-2H3,(H2,12,13,14). The second-order valence-electron chi connectivity index (χ2n) is 4.27. The van der Waals surface area contributed by atoms with Crippen LogP contribution in [0.1, 0.15) is 19.8 Å². The summed E-state index contributed by atoms with van der Waals surface area (Å²) in [4.78, 5) is 4.47. The lowest BCUT2D eigenvalue weighted by Gasteiger charge is -2.13. The summed E-state index contributed by atoms with van der Waals surface area (Å²) >= 11 is 0. The van der Waals surface area contributed by atoms with Crippen molar-refractivity contribution < 1.29 is 9.84 Å². The van der Waals surface area contributed by atoms with Gasteiger partial charge in [-0.05, 0) is 19.8 Å². The van der Waals surface area contributed by atoms with Crippen molar-refractivity contribution in [3.05, 3.63) is 0 Å². The van der Waals surface area contributed by atoms with Crippen LogP contribution in [0.3, 0.4) is 0 Å². The van der Waals surface area contributed by atoms with E-state index in [2.05, 4.69) is 15.6 Å². The fourth-order valence-electron chi connectivity index (χ4n) is 1.40. The summed E-state index contributed by atoms with van der Waals surface area (Å²) in [5, 5.41) is 15.5. The molecule has 16 heavy (non-hydrogen) atoms. The second-order valence-corrected chi connectivity index (χ2v) is 4.27. The molecule has 5 heteroatoms. The summed E-state index contributed by atoms with van der Waals surface area (Å²) in [6.45, 7) is 5.22.